The minimum absolute atomic E-state index is 0.125. The predicted molar refractivity (Wildman–Crippen MR) is 61.1 cm³/mol. The summed E-state index contributed by atoms with van der Waals surface area (Å²) in [4.78, 5) is 21.5. The van der Waals surface area contributed by atoms with Crippen molar-refractivity contribution in [1.29, 1.82) is 0 Å². The van der Waals surface area contributed by atoms with Crippen molar-refractivity contribution in [2.75, 3.05) is 6.61 Å². The number of ether oxygens (including phenoxy) is 1. The van der Waals surface area contributed by atoms with Crippen LogP contribution in [0.3, 0.4) is 0 Å². The smallest absolute Gasteiger partial charge is 0.305 e. The number of hydrogen-bond donors (Lipinski definition) is 1. The fourth-order valence-corrected chi connectivity index (χ4v) is 1.35. The molecule has 0 fully saturated rings. The number of carbonyl (C=O) groups is 2. The lowest BCUT2D eigenvalue weighted by Crippen LogP contribution is -2.13. The Balaban J connectivity index is 3.47. The van der Waals surface area contributed by atoms with Crippen LogP contribution in [0, 0.1) is 5.92 Å². The van der Waals surface area contributed by atoms with E-state index in [2.05, 4.69) is 13.8 Å². The van der Waals surface area contributed by atoms with E-state index in [1.165, 1.54) is 0 Å². The summed E-state index contributed by atoms with van der Waals surface area (Å²) < 4.78 is 5.11. The van der Waals surface area contributed by atoms with Crippen molar-refractivity contribution in [2.24, 2.45) is 5.92 Å². The number of esters is 1. The van der Waals surface area contributed by atoms with E-state index in [1.807, 2.05) is 0 Å². The van der Waals surface area contributed by atoms with Crippen molar-refractivity contribution >= 4 is 11.9 Å². The SMILES string of the molecule is CCC(CC)COC(=O)CCCCC(=O)O. The molecule has 0 amide bonds. The molecule has 0 saturated heterocycles. The highest BCUT2D eigenvalue weighted by atomic mass is 16.5. The standard InChI is InChI=1S/C12H22O4/c1-3-10(4-2)9-16-12(15)8-6-5-7-11(13)14/h10H,3-9H2,1-2H3,(H,13,14). The Labute approximate surface area is 97.0 Å². The van der Waals surface area contributed by atoms with Crippen LogP contribution in [-0.4, -0.2) is 23.7 Å². The minimum Gasteiger partial charge on any atom is -0.481 e. The molecule has 0 aromatic carbocycles. The van der Waals surface area contributed by atoms with Gasteiger partial charge in [-0.1, -0.05) is 26.7 Å². The Hall–Kier alpha value is -1.06. The van der Waals surface area contributed by atoms with E-state index in [9.17, 15) is 9.59 Å². The first-order chi connectivity index (χ1) is 7.60. The van der Waals surface area contributed by atoms with Gasteiger partial charge in [0, 0.05) is 12.8 Å². The Morgan fingerprint density at radius 2 is 1.69 bits per heavy atom. The fraction of sp³-hybridized carbons (Fsp3) is 0.833. The molecule has 0 aliphatic heterocycles. The molecule has 0 unspecified atom stereocenters. The largest absolute Gasteiger partial charge is 0.481 e. The van der Waals surface area contributed by atoms with Crippen molar-refractivity contribution in [3.63, 3.8) is 0 Å². The normalized spacial score (nSPS) is 10.4. The molecule has 0 rings (SSSR count). The van der Waals surface area contributed by atoms with Crippen molar-refractivity contribution in [2.45, 2.75) is 52.4 Å². The summed E-state index contributed by atoms with van der Waals surface area (Å²) in [5.41, 5.74) is 0. The van der Waals surface area contributed by atoms with Gasteiger partial charge in [0.2, 0.25) is 0 Å². The third-order valence-electron chi connectivity index (χ3n) is 2.66. The van der Waals surface area contributed by atoms with Gasteiger partial charge in [0.1, 0.15) is 0 Å². The topological polar surface area (TPSA) is 63.6 Å². The van der Waals surface area contributed by atoms with Gasteiger partial charge in [-0.15, -0.1) is 0 Å². The lowest BCUT2D eigenvalue weighted by atomic mass is 10.1. The molecule has 0 bridgehead atoms. The van der Waals surface area contributed by atoms with E-state index >= 15 is 0 Å². The molecular weight excluding hydrogens is 208 g/mol. The summed E-state index contributed by atoms with van der Waals surface area (Å²) in [5, 5.41) is 8.40. The van der Waals surface area contributed by atoms with Crippen molar-refractivity contribution in [1.82, 2.24) is 0 Å². The number of carbonyl (C=O) groups excluding carboxylic acids is 1. The Morgan fingerprint density at radius 1 is 1.12 bits per heavy atom. The average Bonchev–Trinajstić information content (AvgIpc) is 2.25. The Morgan fingerprint density at radius 3 is 2.19 bits per heavy atom. The van der Waals surface area contributed by atoms with Gasteiger partial charge in [-0.25, -0.2) is 0 Å². The quantitative estimate of drug-likeness (QED) is 0.488. The summed E-state index contributed by atoms with van der Waals surface area (Å²) in [6.07, 6.45) is 3.61. The van der Waals surface area contributed by atoms with Crippen molar-refractivity contribution in [3.8, 4) is 0 Å². The third-order valence-corrected chi connectivity index (χ3v) is 2.66. The van der Waals surface area contributed by atoms with Gasteiger partial charge >= 0.3 is 11.9 Å². The maximum Gasteiger partial charge on any atom is 0.305 e. The van der Waals surface area contributed by atoms with Gasteiger partial charge < -0.3 is 9.84 Å². The predicted octanol–water partition coefficient (Wildman–Crippen LogP) is 2.61. The van der Waals surface area contributed by atoms with E-state index in [1.54, 1.807) is 0 Å². The average molecular weight is 230 g/mol. The lowest BCUT2D eigenvalue weighted by Gasteiger charge is -2.12. The molecule has 16 heavy (non-hydrogen) atoms. The van der Waals surface area contributed by atoms with Crippen LogP contribution in [0.2, 0.25) is 0 Å². The molecule has 94 valence electrons. The Kier molecular flexibility index (Phi) is 8.58. The molecular formula is C12H22O4. The van der Waals surface area contributed by atoms with E-state index in [0.29, 0.717) is 31.8 Å². The molecule has 4 nitrogen and oxygen atoms in total. The second-order valence-electron chi connectivity index (χ2n) is 3.97. The molecule has 0 aliphatic rings. The number of aliphatic carboxylic acids is 1. The molecule has 0 aromatic rings. The molecule has 0 spiro atoms. The lowest BCUT2D eigenvalue weighted by molar-refractivity contribution is -0.145. The first-order valence-electron chi connectivity index (χ1n) is 5.97. The second kappa shape index (κ2) is 9.19. The summed E-state index contributed by atoms with van der Waals surface area (Å²) in [6.45, 7) is 4.65. The molecule has 0 heterocycles. The molecule has 1 N–H and O–H groups in total. The molecule has 0 radical (unpaired) electrons. The first-order valence-corrected chi connectivity index (χ1v) is 5.97. The van der Waals surface area contributed by atoms with Gasteiger partial charge in [0.25, 0.3) is 0 Å². The van der Waals surface area contributed by atoms with Gasteiger partial charge in [-0.05, 0) is 18.8 Å². The highest BCUT2D eigenvalue weighted by molar-refractivity contribution is 5.69. The van der Waals surface area contributed by atoms with Crippen LogP contribution < -0.4 is 0 Å². The van der Waals surface area contributed by atoms with Crippen molar-refractivity contribution in [3.05, 3.63) is 0 Å². The Bertz CT molecular complexity index is 209. The fourth-order valence-electron chi connectivity index (χ4n) is 1.35. The van der Waals surface area contributed by atoms with Gasteiger partial charge in [-0.2, -0.15) is 0 Å². The summed E-state index contributed by atoms with van der Waals surface area (Å²) in [7, 11) is 0. The van der Waals surface area contributed by atoms with Gasteiger partial charge in [-0.3, -0.25) is 9.59 Å². The van der Waals surface area contributed by atoms with Crippen LogP contribution in [0.4, 0.5) is 0 Å². The highest BCUT2D eigenvalue weighted by Crippen LogP contribution is 2.09. The zero-order chi connectivity index (χ0) is 12.4. The molecule has 4 heteroatoms. The van der Waals surface area contributed by atoms with E-state index in [0.717, 1.165) is 12.8 Å². The monoisotopic (exact) mass is 230 g/mol. The zero-order valence-electron chi connectivity index (χ0n) is 10.2. The summed E-state index contributed by atoms with van der Waals surface area (Å²) in [5.74, 6) is -0.578. The van der Waals surface area contributed by atoms with Crippen LogP contribution in [0.25, 0.3) is 0 Å². The molecule has 0 aliphatic carbocycles. The molecule has 0 saturated carbocycles. The summed E-state index contributed by atoms with van der Waals surface area (Å²) in [6, 6.07) is 0. The molecule has 0 aromatic heterocycles. The minimum atomic E-state index is -0.814. The highest BCUT2D eigenvalue weighted by Gasteiger charge is 2.08. The van der Waals surface area contributed by atoms with Crippen LogP contribution in [-0.2, 0) is 14.3 Å². The second-order valence-corrected chi connectivity index (χ2v) is 3.97. The van der Waals surface area contributed by atoms with E-state index in [4.69, 9.17) is 9.84 Å². The maximum atomic E-state index is 11.3. The van der Waals surface area contributed by atoms with Crippen molar-refractivity contribution < 1.29 is 19.4 Å². The van der Waals surface area contributed by atoms with Crippen LogP contribution >= 0.6 is 0 Å². The molecule has 0 atom stereocenters. The zero-order valence-corrected chi connectivity index (χ0v) is 10.2. The third kappa shape index (κ3) is 8.26. The number of rotatable bonds is 9. The van der Waals surface area contributed by atoms with Crippen LogP contribution in [0.15, 0.2) is 0 Å². The number of hydrogen-bond acceptors (Lipinski definition) is 3. The van der Waals surface area contributed by atoms with E-state index in [-0.39, 0.29) is 12.4 Å². The first kappa shape index (κ1) is 14.9. The summed E-state index contributed by atoms with van der Waals surface area (Å²) >= 11 is 0. The van der Waals surface area contributed by atoms with Gasteiger partial charge in [0.05, 0.1) is 6.61 Å². The number of carboxylic acids is 1. The van der Waals surface area contributed by atoms with Gasteiger partial charge in [0.15, 0.2) is 0 Å². The van der Waals surface area contributed by atoms with Crippen LogP contribution in [0.1, 0.15) is 52.4 Å². The van der Waals surface area contributed by atoms with Crippen LogP contribution in [0.5, 0.6) is 0 Å². The van der Waals surface area contributed by atoms with E-state index < -0.39 is 5.97 Å². The number of carboxylic acid groups (broad SMARTS) is 1. The maximum absolute atomic E-state index is 11.3. The number of unbranched alkanes of at least 4 members (excludes halogenated alkanes) is 1.